The minimum absolute atomic E-state index is 0.0384. The van der Waals surface area contributed by atoms with Gasteiger partial charge in [0, 0.05) is 13.7 Å². The Bertz CT molecular complexity index is 496. The van der Waals surface area contributed by atoms with Gasteiger partial charge in [0.25, 0.3) is 0 Å². The van der Waals surface area contributed by atoms with Crippen molar-refractivity contribution in [2.45, 2.75) is 19.5 Å². The lowest BCUT2D eigenvalue weighted by Crippen LogP contribution is -2.42. The second kappa shape index (κ2) is 6.81. The molecule has 0 aromatic heterocycles. The largest absolute Gasteiger partial charge is 0.454 e. The van der Waals surface area contributed by atoms with Crippen molar-refractivity contribution in [3.05, 3.63) is 22.2 Å². The van der Waals surface area contributed by atoms with Gasteiger partial charge in [-0.05, 0) is 40.5 Å². The van der Waals surface area contributed by atoms with E-state index in [9.17, 15) is 4.79 Å². The lowest BCUT2D eigenvalue weighted by molar-refractivity contribution is 0.171. The summed E-state index contributed by atoms with van der Waals surface area (Å²) in [4.78, 5) is 11.7. The number of fused-ring (bicyclic) bond motifs is 1. The second-order valence-corrected chi connectivity index (χ2v) is 5.35. The number of nitrogens with one attached hydrogen (secondary N) is 2. The first-order valence-corrected chi connectivity index (χ1v) is 7.00. The summed E-state index contributed by atoms with van der Waals surface area (Å²) >= 11 is 3.42. The van der Waals surface area contributed by atoms with Crippen molar-refractivity contribution < 1.29 is 19.0 Å². The summed E-state index contributed by atoms with van der Waals surface area (Å²) in [6, 6.07) is 3.48. The lowest BCUT2D eigenvalue weighted by atomic mass is 10.2. The van der Waals surface area contributed by atoms with Crippen LogP contribution < -0.4 is 20.1 Å². The molecule has 1 aromatic rings. The molecule has 1 atom stereocenters. The van der Waals surface area contributed by atoms with Crippen LogP contribution in [0.2, 0.25) is 0 Å². The number of methoxy groups -OCH3 is 1. The first kappa shape index (κ1) is 14.9. The number of benzene rings is 1. The molecule has 0 spiro atoms. The lowest BCUT2D eigenvalue weighted by Gasteiger charge is -2.14. The number of carbonyl (C=O) groups excluding carboxylic acids is 1. The molecule has 0 bridgehead atoms. The smallest absolute Gasteiger partial charge is 0.315 e. The van der Waals surface area contributed by atoms with Crippen LogP contribution in [0.25, 0.3) is 0 Å². The second-order valence-electron chi connectivity index (χ2n) is 4.49. The van der Waals surface area contributed by atoms with E-state index in [1.54, 1.807) is 7.11 Å². The fourth-order valence-electron chi connectivity index (χ4n) is 1.87. The molecule has 7 heteroatoms. The summed E-state index contributed by atoms with van der Waals surface area (Å²) in [5, 5.41) is 5.56. The summed E-state index contributed by atoms with van der Waals surface area (Å²) in [7, 11) is 1.60. The Balaban J connectivity index is 1.88. The first-order chi connectivity index (χ1) is 9.60. The highest BCUT2D eigenvalue weighted by Gasteiger charge is 2.18. The summed E-state index contributed by atoms with van der Waals surface area (Å²) in [6.45, 7) is 2.98. The van der Waals surface area contributed by atoms with Gasteiger partial charge in [-0.1, -0.05) is 0 Å². The Kier molecular flexibility index (Phi) is 5.08. The molecule has 110 valence electrons. The number of hydrogen-bond acceptors (Lipinski definition) is 4. The van der Waals surface area contributed by atoms with Crippen LogP contribution >= 0.6 is 15.9 Å². The van der Waals surface area contributed by atoms with Crippen molar-refractivity contribution >= 4 is 22.0 Å². The zero-order chi connectivity index (χ0) is 14.5. The fraction of sp³-hybridized carbons (Fsp3) is 0.462. The van der Waals surface area contributed by atoms with Gasteiger partial charge in [0.1, 0.15) is 0 Å². The number of carbonyl (C=O) groups is 1. The molecule has 0 saturated heterocycles. The highest BCUT2D eigenvalue weighted by atomic mass is 79.9. The average molecular weight is 345 g/mol. The van der Waals surface area contributed by atoms with Crippen LogP contribution in [0, 0.1) is 0 Å². The minimum Gasteiger partial charge on any atom is -0.454 e. The minimum atomic E-state index is -0.233. The maximum atomic E-state index is 11.7. The van der Waals surface area contributed by atoms with Gasteiger partial charge in [-0.15, -0.1) is 0 Å². The Hall–Kier alpha value is -1.47. The molecule has 0 saturated carbocycles. The van der Waals surface area contributed by atoms with E-state index in [2.05, 4.69) is 26.6 Å². The molecule has 1 aromatic carbocycles. The van der Waals surface area contributed by atoms with Crippen LogP contribution in [-0.4, -0.2) is 32.6 Å². The van der Waals surface area contributed by atoms with E-state index in [-0.39, 0.29) is 18.9 Å². The van der Waals surface area contributed by atoms with E-state index in [0.29, 0.717) is 24.7 Å². The third-order valence-corrected chi connectivity index (χ3v) is 3.32. The molecule has 20 heavy (non-hydrogen) atoms. The maximum absolute atomic E-state index is 11.7. The summed E-state index contributed by atoms with van der Waals surface area (Å²) in [5.41, 5.74) is 0.927. The van der Waals surface area contributed by atoms with Crippen LogP contribution in [0.4, 0.5) is 4.79 Å². The van der Waals surface area contributed by atoms with Gasteiger partial charge >= 0.3 is 6.03 Å². The zero-order valence-electron chi connectivity index (χ0n) is 11.4. The highest BCUT2D eigenvalue weighted by Crippen LogP contribution is 2.39. The number of amides is 2. The molecular formula is C13H17BrN2O4. The quantitative estimate of drug-likeness (QED) is 0.857. The average Bonchev–Trinajstić information content (AvgIpc) is 2.85. The summed E-state index contributed by atoms with van der Waals surface area (Å²) < 4.78 is 16.4. The number of ether oxygens (including phenoxy) is 3. The Labute approximate surface area is 125 Å². The summed E-state index contributed by atoms with van der Waals surface area (Å²) in [5.74, 6) is 1.39. The third kappa shape index (κ3) is 3.77. The molecule has 1 heterocycles. The van der Waals surface area contributed by atoms with Crippen LogP contribution in [-0.2, 0) is 11.3 Å². The van der Waals surface area contributed by atoms with Crippen molar-refractivity contribution in [3.63, 3.8) is 0 Å². The van der Waals surface area contributed by atoms with E-state index in [1.165, 1.54) is 0 Å². The molecule has 0 radical (unpaired) electrons. The number of hydrogen-bond donors (Lipinski definition) is 2. The SMILES string of the molecule is COCC(C)NC(=O)NCc1cc(Br)c2c(c1)OCO2. The van der Waals surface area contributed by atoms with E-state index >= 15 is 0 Å². The van der Waals surface area contributed by atoms with Crippen molar-refractivity contribution in [1.29, 1.82) is 0 Å². The monoisotopic (exact) mass is 344 g/mol. The Morgan fingerprint density at radius 3 is 3.05 bits per heavy atom. The van der Waals surface area contributed by atoms with Gasteiger partial charge in [-0.3, -0.25) is 0 Å². The van der Waals surface area contributed by atoms with E-state index in [1.807, 2.05) is 19.1 Å². The van der Waals surface area contributed by atoms with E-state index in [0.717, 1.165) is 10.0 Å². The predicted octanol–water partition coefficient (Wildman–Crippen LogP) is 2.01. The molecule has 1 unspecified atom stereocenters. The topological polar surface area (TPSA) is 68.8 Å². The normalized spacial score (nSPS) is 13.9. The number of halogens is 1. The molecule has 1 aliphatic heterocycles. The molecule has 2 amide bonds. The standard InChI is InChI=1S/C13H17BrN2O4/c1-8(6-18-2)16-13(17)15-5-9-3-10(14)12-11(4-9)19-7-20-12/h3-4,8H,5-7H2,1-2H3,(H2,15,16,17). The van der Waals surface area contributed by atoms with Crippen molar-refractivity contribution in [2.24, 2.45) is 0 Å². The summed E-state index contributed by atoms with van der Waals surface area (Å²) in [6.07, 6.45) is 0. The molecule has 1 aliphatic rings. The Morgan fingerprint density at radius 1 is 1.50 bits per heavy atom. The zero-order valence-corrected chi connectivity index (χ0v) is 13.0. The molecule has 0 aliphatic carbocycles. The van der Waals surface area contributed by atoms with Crippen LogP contribution in [0.3, 0.4) is 0 Å². The van der Waals surface area contributed by atoms with Crippen LogP contribution in [0.5, 0.6) is 11.5 Å². The van der Waals surface area contributed by atoms with Gasteiger partial charge < -0.3 is 24.8 Å². The van der Waals surface area contributed by atoms with Gasteiger partial charge in [-0.25, -0.2) is 4.79 Å². The predicted molar refractivity (Wildman–Crippen MR) is 77.0 cm³/mol. The number of urea groups is 1. The van der Waals surface area contributed by atoms with Crippen molar-refractivity contribution in [3.8, 4) is 11.5 Å². The van der Waals surface area contributed by atoms with Crippen molar-refractivity contribution in [2.75, 3.05) is 20.5 Å². The van der Waals surface area contributed by atoms with Crippen LogP contribution in [0.15, 0.2) is 16.6 Å². The Morgan fingerprint density at radius 2 is 2.30 bits per heavy atom. The molecule has 2 rings (SSSR count). The van der Waals surface area contributed by atoms with Crippen molar-refractivity contribution in [1.82, 2.24) is 10.6 Å². The van der Waals surface area contributed by atoms with Crippen LogP contribution in [0.1, 0.15) is 12.5 Å². The molecule has 0 fully saturated rings. The van der Waals surface area contributed by atoms with Gasteiger partial charge in [0.15, 0.2) is 11.5 Å². The molecule has 2 N–H and O–H groups in total. The fourth-order valence-corrected chi connectivity index (χ4v) is 2.48. The third-order valence-electron chi connectivity index (χ3n) is 2.73. The van der Waals surface area contributed by atoms with E-state index < -0.39 is 0 Å². The highest BCUT2D eigenvalue weighted by molar-refractivity contribution is 9.10. The van der Waals surface area contributed by atoms with Gasteiger partial charge in [0.05, 0.1) is 17.1 Å². The number of rotatable bonds is 5. The van der Waals surface area contributed by atoms with Gasteiger partial charge in [0.2, 0.25) is 6.79 Å². The van der Waals surface area contributed by atoms with Gasteiger partial charge in [-0.2, -0.15) is 0 Å². The molecular weight excluding hydrogens is 328 g/mol. The maximum Gasteiger partial charge on any atom is 0.315 e. The van der Waals surface area contributed by atoms with E-state index in [4.69, 9.17) is 14.2 Å². The molecule has 6 nitrogen and oxygen atoms in total. The first-order valence-electron chi connectivity index (χ1n) is 6.21.